The number of nitrogens with zero attached hydrogens (tertiary/aromatic N) is 2. The van der Waals surface area contributed by atoms with Crippen LogP contribution < -0.4 is 10.0 Å². The number of hydrogen-bond acceptors (Lipinski definition) is 6. The van der Waals surface area contributed by atoms with E-state index in [0.717, 1.165) is 13.1 Å². The molecule has 0 saturated carbocycles. The standard InChI is InChI=1S/C17H28N4O4S/c1-20(2)8-6-18-17(22)15-4-3-5-16(14-15)26(23,24)19-7-9-21-10-12-25-13-11-21/h3-5,14,19H,6-13H2,1-2H3,(H,18,22). The van der Waals surface area contributed by atoms with E-state index in [-0.39, 0.29) is 10.8 Å². The number of carbonyl (C=O) groups excluding carboxylic acids is 1. The molecule has 8 nitrogen and oxygen atoms in total. The molecule has 0 aliphatic carbocycles. The summed E-state index contributed by atoms with van der Waals surface area (Å²) in [7, 11) is 0.190. The van der Waals surface area contributed by atoms with Gasteiger partial charge in [-0.05, 0) is 32.3 Å². The van der Waals surface area contributed by atoms with Crippen LogP contribution in [0.3, 0.4) is 0 Å². The Kier molecular flexibility index (Phi) is 7.98. The first kappa shape index (κ1) is 20.8. The van der Waals surface area contributed by atoms with Crippen LogP contribution in [-0.2, 0) is 14.8 Å². The molecule has 9 heteroatoms. The lowest BCUT2D eigenvalue weighted by Gasteiger charge is -2.26. The van der Waals surface area contributed by atoms with E-state index < -0.39 is 10.0 Å². The zero-order valence-electron chi connectivity index (χ0n) is 15.4. The van der Waals surface area contributed by atoms with Crippen LogP contribution in [-0.4, -0.2) is 90.7 Å². The lowest BCUT2D eigenvalue weighted by Crippen LogP contribution is -2.41. The average molecular weight is 385 g/mol. The van der Waals surface area contributed by atoms with Crippen LogP contribution in [0.5, 0.6) is 0 Å². The molecule has 2 N–H and O–H groups in total. The number of sulfonamides is 1. The van der Waals surface area contributed by atoms with Gasteiger partial charge in [-0.2, -0.15) is 0 Å². The summed E-state index contributed by atoms with van der Waals surface area (Å²) in [6, 6.07) is 6.09. The van der Waals surface area contributed by atoms with Crippen LogP contribution >= 0.6 is 0 Å². The van der Waals surface area contributed by atoms with Gasteiger partial charge >= 0.3 is 0 Å². The lowest BCUT2D eigenvalue weighted by atomic mass is 10.2. The smallest absolute Gasteiger partial charge is 0.251 e. The van der Waals surface area contributed by atoms with Gasteiger partial charge in [-0.3, -0.25) is 9.69 Å². The van der Waals surface area contributed by atoms with Gasteiger partial charge in [0, 0.05) is 44.8 Å². The second-order valence-electron chi connectivity index (χ2n) is 6.44. The van der Waals surface area contributed by atoms with E-state index in [4.69, 9.17) is 4.74 Å². The monoisotopic (exact) mass is 384 g/mol. The number of morpholine rings is 1. The molecule has 146 valence electrons. The van der Waals surface area contributed by atoms with Crippen molar-refractivity contribution in [2.45, 2.75) is 4.90 Å². The van der Waals surface area contributed by atoms with Crippen LogP contribution in [0.1, 0.15) is 10.4 Å². The molecule has 1 fully saturated rings. The molecular formula is C17H28N4O4S. The van der Waals surface area contributed by atoms with Crippen molar-refractivity contribution in [3.05, 3.63) is 29.8 Å². The van der Waals surface area contributed by atoms with Crippen LogP contribution in [0.15, 0.2) is 29.2 Å². The molecule has 1 heterocycles. The van der Waals surface area contributed by atoms with E-state index in [0.29, 0.717) is 45.0 Å². The second-order valence-corrected chi connectivity index (χ2v) is 8.21. The minimum absolute atomic E-state index is 0.0970. The number of hydrogen-bond donors (Lipinski definition) is 2. The maximum Gasteiger partial charge on any atom is 0.251 e. The normalized spacial score (nSPS) is 16.0. The summed E-state index contributed by atoms with van der Waals surface area (Å²) in [6.07, 6.45) is 0. The Hall–Kier alpha value is -1.52. The number of carbonyl (C=O) groups is 1. The molecule has 0 atom stereocenters. The van der Waals surface area contributed by atoms with Crippen molar-refractivity contribution in [1.29, 1.82) is 0 Å². The number of benzene rings is 1. The molecule has 1 aromatic carbocycles. The average Bonchev–Trinajstić information content (AvgIpc) is 2.62. The van der Waals surface area contributed by atoms with E-state index in [1.807, 2.05) is 19.0 Å². The number of nitrogens with one attached hydrogen (secondary N) is 2. The highest BCUT2D eigenvalue weighted by molar-refractivity contribution is 7.89. The van der Waals surface area contributed by atoms with Crippen LogP contribution in [0.2, 0.25) is 0 Å². The third-order valence-corrected chi connectivity index (χ3v) is 5.53. The van der Waals surface area contributed by atoms with E-state index in [1.165, 1.54) is 12.1 Å². The fourth-order valence-electron chi connectivity index (χ4n) is 2.55. The Morgan fingerprint density at radius 1 is 1.23 bits per heavy atom. The minimum Gasteiger partial charge on any atom is -0.379 e. The van der Waals surface area contributed by atoms with Gasteiger partial charge in [-0.1, -0.05) is 6.07 Å². The van der Waals surface area contributed by atoms with Crippen molar-refractivity contribution >= 4 is 15.9 Å². The molecule has 0 unspecified atom stereocenters. The summed E-state index contributed by atoms with van der Waals surface area (Å²) in [5.41, 5.74) is 0.333. The van der Waals surface area contributed by atoms with E-state index in [9.17, 15) is 13.2 Å². The van der Waals surface area contributed by atoms with Crippen LogP contribution in [0.4, 0.5) is 0 Å². The van der Waals surface area contributed by atoms with Crippen molar-refractivity contribution in [2.75, 3.05) is 66.6 Å². The summed E-state index contributed by atoms with van der Waals surface area (Å²) in [5.74, 6) is -0.280. The van der Waals surface area contributed by atoms with Crippen molar-refractivity contribution in [1.82, 2.24) is 19.8 Å². The molecule has 1 saturated heterocycles. The summed E-state index contributed by atoms with van der Waals surface area (Å²) in [5, 5.41) is 2.78. The fourth-order valence-corrected chi connectivity index (χ4v) is 3.61. The molecule has 0 radical (unpaired) electrons. The second kappa shape index (κ2) is 9.98. The topological polar surface area (TPSA) is 91.0 Å². The van der Waals surface area contributed by atoms with Gasteiger partial charge in [0.25, 0.3) is 5.91 Å². The van der Waals surface area contributed by atoms with Crippen molar-refractivity contribution in [3.8, 4) is 0 Å². The van der Waals surface area contributed by atoms with Gasteiger partial charge in [-0.15, -0.1) is 0 Å². The SMILES string of the molecule is CN(C)CCNC(=O)c1cccc(S(=O)(=O)NCCN2CCOCC2)c1. The van der Waals surface area contributed by atoms with Gasteiger partial charge in [0.05, 0.1) is 18.1 Å². The summed E-state index contributed by atoms with van der Waals surface area (Å²) in [4.78, 5) is 16.4. The molecule has 1 aromatic rings. The lowest BCUT2D eigenvalue weighted by molar-refractivity contribution is 0.0390. The molecular weight excluding hydrogens is 356 g/mol. The van der Waals surface area contributed by atoms with Crippen molar-refractivity contribution in [3.63, 3.8) is 0 Å². The zero-order valence-corrected chi connectivity index (χ0v) is 16.2. The van der Waals surface area contributed by atoms with Crippen molar-refractivity contribution < 1.29 is 17.9 Å². The number of amides is 1. The van der Waals surface area contributed by atoms with Gasteiger partial charge in [0.1, 0.15) is 0 Å². The summed E-state index contributed by atoms with van der Waals surface area (Å²) < 4.78 is 32.8. The number of ether oxygens (including phenoxy) is 1. The molecule has 1 aliphatic rings. The molecule has 0 bridgehead atoms. The van der Waals surface area contributed by atoms with Crippen molar-refractivity contribution in [2.24, 2.45) is 0 Å². The first-order valence-electron chi connectivity index (χ1n) is 8.71. The minimum atomic E-state index is -3.65. The summed E-state index contributed by atoms with van der Waals surface area (Å²) in [6.45, 7) is 5.15. The predicted octanol–water partition coefficient (Wildman–Crippen LogP) is -0.411. The summed E-state index contributed by atoms with van der Waals surface area (Å²) >= 11 is 0. The van der Waals surface area contributed by atoms with E-state index in [1.54, 1.807) is 12.1 Å². The number of likely N-dealkylation sites (N-methyl/N-ethyl adjacent to an activating group) is 1. The van der Waals surface area contributed by atoms with Gasteiger partial charge in [0.15, 0.2) is 0 Å². The molecule has 2 rings (SSSR count). The van der Waals surface area contributed by atoms with E-state index >= 15 is 0 Å². The molecule has 26 heavy (non-hydrogen) atoms. The predicted molar refractivity (Wildman–Crippen MR) is 99.8 cm³/mol. The highest BCUT2D eigenvalue weighted by Crippen LogP contribution is 2.11. The number of rotatable bonds is 9. The van der Waals surface area contributed by atoms with Crippen LogP contribution in [0, 0.1) is 0 Å². The Bertz CT molecular complexity index is 688. The van der Waals surface area contributed by atoms with Crippen LogP contribution in [0.25, 0.3) is 0 Å². The Morgan fingerprint density at radius 3 is 2.65 bits per heavy atom. The third kappa shape index (κ3) is 6.65. The highest BCUT2D eigenvalue weighted by Gasteiger charge is 2.17. The van der Waals surface area contributed by atoms with E-state index in [2.05, 4.69) is 14.9 Å². The first-order valence-corrected chi connectivity index (χ1v) is 10.2. The maximum atomic E-state index is 12.5. The Balaban J connectivity index is 1.90. The van der Waals surface area contributed by atoms with Gasteiger partial charge in [0.2, 0.25) is 10.0 Å². The zero-order chi connectivity index (χ0) is 19.0. The Labute approximate surface area is 155 Å². The molecule has 0 spiro atoms. The quantitative estimate of drug-likeness (QED) is 0.601. The third-order valence-electron chi connectivity index (χ3n) is 4.07. The Morgan fingerprint density at radius 2 is 1.96 bits per heavy atom. The first-order chi connectivity index (χ1) is 12.4. The highest BCUT2D eigenvalue weighted by atomic mass is 32.2. The fraction of sp³-hybridized carbons (Fsp3) is 0.588. The molecule has 1 aliphatic heterocycles. The maximum absolute atomic E-state index is 12.5. The largest absolute Gasteiger partial charge is 0.379 e. The molecule has 0 aromatic heterocycles. The van der Waals surface area contributed by atoms with Gasteiger partial charge < -0.3 is 15.0 Å². The molecule has 1 amide bonds. The van der Waals surface area contributed by atoms with Gasteiger partial charge in [-0.25, -0.2) is 13.1 Å².